The summed E-state index contributed by atoms with van der Waals surface area (Å²) in [5.74, 6) is -0.0458. The molecule has 0 aliphatic heterocycles. The zero-order chi connectivity index (χ0) is 22.5. The number of benzene rings is 3. The Bertz CT molecular complexity index is 1100. The molecule has 0 bridgehead atoms. The van der Waals surface area contributed by atoms with E-state index in [4.69, 9.17) is 14.2 Å². The fourth-order valence-electron chi connectivity index (χ4n) is 3.06. The lowest BCUT2D eigenvalue weighted by Gasteiger charge is -2.17. The van der Waals surface area contributed by atoms with E-state index in [1.54, 1.807) is 31.4 Å². The van der Waals surface area contributed by atoms with Crippen LogP contribution in [0, 0.1) is 5.82 Å². The van der Waals surface area contributed by atoms with Crippen molar-refractivity contribution in [3.8, 4) is 28.4 Å². The summed E-state index contributed by atoms with van der Waals surface area (Å²) >= 11 is 3.51. The molecule has 3 aromatic carbocycles. The highest BCUT2D eigenvalue weighted by Gasteiger charge is 2.17. The highest BCUT2D eigenvalue weighted by atomic mass is 79.9. The number of hydrogen-bond donors (Lipinski definition) is 1. The lowest BCUT2D eigenvalue weighted by atomic mass is 9.99. The Labute approximate surface area is 188 Å². The van der Waals surface area contributed by atoms with Crippen molar-refractivity contribution in [3.05, 3.63) is 76.0 Å². The number of rotatable bonds is 8. The van der Waals surface area contributed by atoms with Crippen LogP contribution >= 0.6 is 15.9 Å². The summed E-state index contributed by atoms with van der Waals surface area (Å²) in [6, 6.07) is 14.2. The van der Waals surface area contributed by atoms with Gasteiger partial charge in [0, 0.05) is 21.2 Å². The van der Waals surface area contributed by atoms with Crippen molar-refractivity contribution in [1.82, 2.24) is 0 Å². The molecule has 31 heavy (non-hydrogen) atoms. The molecule has 0 unspecified atom stereocenters. The number of halogens is 2. The monoisotopic (exact) mass is 488 g/mol. The molecule has 0 aliphatic carbocycles. The number of carboxylic acids is 1. The van der Waals surface area contributed by atoms with Crippen LogP contribution in [0.25, 0.3) is 11.1 Å². The van der Waals surface area contributed by atoms with Gasteiger partial charge < -0.3 is 19.3 Å². The predicted molar refractivity (Wildman–Crippen MR) is 120 cm³/mol. The van der Waals surface area contributed by atoms with Crippen molar-refractivity contribution in [2.24, 2.45) is 0 Å². The molecular formula is C24H22BrFO5. The standard InChI is InChI=1S/C24H22BrFO5/c1-14(2)31-23-10-15(20(25)12-22(23)29-3)13-30-16-8-9-18(24(27)28)19(11-16)17-6-4-5-7-21(17)26/h4-12,14H,13H2,1-3H3,(H,27,28). The van der Waals surface area contributed by atoms with Crippen LogP contribution in [0.15, 0.2) is 59.1 Å². The molecule has 0 fully saturated rings. The average molecular weight is 489 g/mol. The van der Waals surface area contributed by atoms with Crippen LogP contribution in [-0.4, -0.2) is 24.3 Å². The molecule has 0 saturated heterocycles. The van der Waals surface area contributed by atoms with Crippen molar-refractivity contribution in [1.29, 1.82) is 0 Å². The van der Waals surface area contributed by atoms with Crippen LogP contribution in [0.5, 0.6) is 17.2 Å². The number of carbonyl (C=O) groups is 1. The van der Waals surface area contributed by atoms with Crippen molar-refractivity contribution in [2.45, 2.75) is 26.6 Å². The topological polar surface area (TPSA) is 65.0 Å². The van der Waals surface area contributed by atoms with Crippen LogP contribution < -0.4 is 14.2 Å². The fourth-order valence-corrected chi connectivity index (χ4v) is 3.49. The molecule has 3 rings (SSSR count). The summed E-state index contributed by atoms with van der Waals surface area (Å²) < 4.78 is 32.2. The number of carboxylic acid groups (broad SMARTS) is 1. The lowest BCUT2D eigenvalue weighted by Crippen LogP contribution is -2.08. The van der Waals surface area contributed by atoms with Gasteiger partial charge in [-0.2, -0.15) is 0 Å². The predicted octanol–water partition coefficient (Wildman–Crippen LogP) is 6.33. The molecule has 7 heteroatoms. The largest absolute Gasteiger partial charge is 0.493 e. The van der Waals surface area contributed by atoms with E-state index in [1.807, 2.05) is 19.9 Å². The Hall–Kier alpha value is -3.06. The molecule has 0 saturated carbocycles. The Morgan fingerprint density at radius 2 is 1.81 bits per heavy atom. The molecule has 162 valence electrons. The molecule has 0 atom stereocenters. The number of aromatic carboxylic acids is 1. The first-order chi connectivity index (χ1) is 14.8. The van der Waals surface area contributed by atoms with E-state index in [2.05, 4.69) is 15.9 Å². The highest BCUT2D eigenvalue weighted by molar-refractivity contribution is 9.10. The molecule has 0 heterocycles. The Morgan fingerprint density at radius 3 is 2.45 bits per heavy atom. The van der Waals surface area contributed by atoms with Gasteiger partial charge in [0.25, 0.3) is 0 Å². The van der Waals surface area contributed by atoms with Gasteiger partial charge in [-0.3, -0.25) is 0 Å². The number of methoxy groups -OCH3 is 1. The summed E-state index contributed by atoms with van der Waals surface area (Å²) in [6.07, 6.45) is -0.0317. The molecule has 3 aromatic rings. The number of ether oxygens (including phenoxy) is 3. The Kier molecular flexibility index (Phi) is 7.17. The maximum absolute atomic E-state index is 14.3. The summed E-state index contributed by atoms with van der Waals surface area (Å²) in [5, 5.41) is 9.51. The van der Waals surface area contributed by atoms with E-state index in [9.17, 15) is 14.3 Å². The van der Waals surface area contributed by atoms with Crippen LogP contribution in [0.3, 0.4) is 0 Å². The maximum Gasteiger partial charge on any atom is 0.336 e. The van der Waals surface area contributed by atoms with Crippen LogP contribution in [-0.2, 0) is 6.61 Å². The van der Waals surface area contributed by atoms with Gasteiger partial charge in [-0.1, -0.05) is 34.1 Å². The third kappa shape index (κ3) is 5.35. The SMILES string of the molecule is COc1cc(Br)c(COc2ccc(C(=O)O)c(-c3ccccc3F)c2)cc1OC(C)C. The van der Waals surface area contributed by atoms with Gasteiger partial charge in [0.1, 0.15) is 18.2 Å². The van der Waals surface area contributed by atoms with Gasteiger partial charge in [0.2, 0.25) is 0 Å². The minimum Gasteiger partial charge on any atom is -0.493 e. The molecule has 0 aliphatic rings. The maximum atomic E-state index is 14.3. The first-order valence-corrected chi connectivity index (χ1v) is 10.4. The quantitative estimate of drug-likeness (QED) is 0.401. The summed E-state index contributed by atoms with van der Waals surface area (Å²) in [4.78, 5) is 11.6. The minimum atomic E-state index is -1.14. The first kappa shape index (κ1) is 22.6. The van der Waals surface area contributed by atoms with Gasteiger partial charge >= 0.3 is 5.97 Å². The molecule has 1 N–H and O–H groups in total. The Morgan fingerprint density at radius 1 is 1.06 bits per heavy atom. The van der Waals surface area contributed by atoms with Gasteiger partial charge in [-0.25, -0.2) is 9.18 Å². The molecule has 5 nitrogen and oxygen atoms in total. The van der Waals surface area contributed by atoms with Crippen molar-refractivity contribution in [2.75, 3.05) is 7.11 Å². The summed E-state index contributed by atoms with van der Waals surface area (Å²) in [5.41, 5.74) is 1.26. The molecule has 0 aromatic heterocycles. The zero-order valence-electron chi connectivity index (χ0n) is 17.3. The molecule has 0 spiro atoms. The van der Waals surface area contributed by atoms with Gasteiger partial charge in [0.05, 0.1) is 18.8 Å². The highest BCUT2D eigenvalue weighted by Crippen LogP contribution is 2.35. The van der Waals surface area contributed by atoms with Crippen molar-refractivity contribution >= 4 is 21.9 Å². The van der Waals surface area contributed by atoms with Crippen molar-refractivity contribution in [3.63, 3.8) is 0 Å². The average Bonchev–Trinajstić information content (AvgIpc) is 2.73. The van der Waals surface area contributed by atoms with Crippen LogP contribution in [0.1, 0.15) is 29.8 Å². The Balaban J connectivity index is 1.91. The van der Waals surface area contributed by atoms with E-state index >= 15 is 0 Å². The van der Waals surface area contributed by atoms with Crippen molar-refractivity contribution < 1.29 is 28.5 Å². The van der Waals surface area contributed by atoms with Gasteiger partial charge in [-0.15, -0.1) is 0 Å². The third-order valence-corrected chi connectivity index (χ3v) is 5.21. The van der Waals surface area contributed by atoms with Gasteiger partial charge in [-0.05, 0) is 50.2 Å². The summed E-state index contributed by atoms with van der Waals surface area (Å²) in [7, 11) is 1.57. The molecule has 0 amide bonds. The second kappa shape index (κ2) is 9.83. The van der Waals surface area contributed by atoms with Crippen LogP contribution in [0.4, 0.5) is 4.39 Å². The number of hydrogen-bond acceptors (Lipinski definition) is 4. The normalized spacial score (nSPS) is 10.8. The fraction of sp³-hybridized carbons (Fsp3) is 0.208. The van der Waals surface area contributed by atoms with E-state index in [-0.39, 0.29) is 29.4 Å². The third-order valence-electron chi connectivity index (χ3n) is 4.48. The lowest BCUT2D eigenvalue weighted by molar-refractivity contribution is 0.0697. The van der Waals surface area contributed by atoms with E-state index in [0.717, 1.165) is 10.0 Å². The summed E-state index contributed by atoms with van der Waals surface area (Å²) in [6.45, 7) is 4.03. The van der Waals surface area contributed by atoms with E-state index in [1.165, 1.54) is 24.3 Å². The minimum absolute atomic E-state index is 0.00398. The second-order valence-corrected chi connectivity index (χ2v) is 7.90. The van der Waals surface area contributed by atoms with E-state index < -0.39 is 11.8 Å². The second-order valence-electron chi connectivity index (χ2n) is 7.04. The smallest absolute Gasteiger partial charge is 0.336 e. The molecule has 0 radical (unpaired) electrons. The molecular weight excluding hydrogens is 467 g/mol. The zero-order valence-corrected chi connectivity index (χ0v) is 18.9. The van der Waals surface area contributed by atoms with Crippen LogP contribution in [0.2, 0.25) is 0 Å². The van der Waals surface area contributed by atoms with E-state index in [0.29, 0.717) is 17.2 Å². The first-order valence-electron chi connectivity index (χ1n) is 9.58. The van der Waals surface area contributed by atoms with Gasteiger partial charge in [0.15, 0.2) is 11.5 Å².